The number of nitrogens with two attached hydrogens (primary N) is 1. The highest BCUT2D eigenvalue weighted by molar-refractivity contribution is 14.1. The van der Waals surface area contributed by atoms with Crippen LogP contribution in [0.5, 0.6) is 0 Å². The molecular weight excluding hydrogens is 345 g/mol. The fourth-order valence-electron chi connectivity index (χ4n) is 2.55. The Balaban J connectivity index is 2.32. The molecule has 0 aromatic heterocycles. The lowest BCUT2D eigenvalue weighted by atomic mass is 9.73. The molecule has 0 aliphatic rings. The van der Waals surface area contributed by atoms with E-state index >= 15 is 0 Å². The van der Waals surface area contributed by atoms with Crippen LogP contribution in [0.1, 0.15) is 24.5 Å². The molecule has 2 heteroatoms. The Labute approximate surface area is 129 Å². The number of hydrogen-bond donors (Lipinski definition) is 1. The fourth-order valence-corrected chi connectivity index (χ4v) is 2.91. The summed E-state index contributed by atoms with van der Waals surface area (Å²) in [7, 11) is 0. The van der Waals surface area contributed by atoms with Gasteiger partial charge in [0.1, 0.15) is 0 Å². The highest BCUT2D eigenvalue weighted by Gasteiger charge is 2.28. The zero-order valence-corrected chi connectivity index (χ0v) is 13.4. The van der Waals surface area contributed by atoms with Crippen LogP contribution in [-0.4, -0.2) is 6.54 Å². The molecule has 0 heterocycles. The van der Waals surface area contributed by atoms with Gasteiger partial charge in [-0.1, -0.05) is 49.4 Å². The predicted molar refractivity (Wildman–Crippen MR) is 90.3 cm³/mol. The topological polar surface area (TPSA) is 26.0 Å². The van der Waals surface area contributed by atoms with Crippen molar-refractivity contribution >= 4 is 22.6 Å². The molecule has 0 aliphatic carbocycles. The minimum absolute atomic E-state index is 0.0497. The van der Waals surface area contributed by atoms with E-state index in [2.05, 4.69) is 84.1 Å². The third-order valence-corrected chi connectivity index (χ3v) is 4.63. The molecule has 1 nitrogen and oxygen atoms in total. The van der Waals surface area contributed by atoms with Crippen LogP contribution < -0.4 is 5.73 Å². The Morgan fingerprint density at radius 3 is 2.16 bits per heavy atom. The Morgan fingerprint density at radius 1 is 1.00 bits per heavy atom. The van der Waals surface area contributed by atoms with Crippen LogP contribution in [-0.2, 0) is 11.8 Å². The molecule has 1 atom stereocenters. The first-order valence-corrected chi connectivity index (χ1v) is 7.78. The van der Waals surface area contributed by atoms with Crippen LogP contribution in [0, 0.1) is 3.57 Å². The molecule has 1 unspecified atom stereocenters. The predicted octanol–water partition coefficient (Wildman–Crippen LogP) is 4.14. The van der Waals surface area contributed by atoms with Gasteiger partial charge in [-0.2, -0.15) is 0 Å². The molecular formula is C17H20IN. The van der Waals surface area contributed by atoms with Crippen molar-refractivity contribution in [2.45, 2.75) is 25.2 Å². The van der Waals surface area contributed by atoms with Crippen molar-refractivity contribution in [2.75, 3.05) is 6.54 Å². The van der Waals surface area contributed by atoms with Crippen molar-refractivity contribution < 1.29 is 0 Å². The van der Waals surface area contributed by atoms with Crippen molar-refractivity contribution in [3.05, 3.63) is 69.3 Å². The molecule has 0 radical (unpaired) electrons. The van der Waals surface area contributed by atoms with Gasteiger partial charge < -0.3 is 5.73 Å². The minimum Gasteiger partial charge on any atom is -0.330 e. The Kier molecular flexibility index (Phi) is 4.99. The molecule has 19 heavy (non-hydrogen) atoms. The zero-order chi connectivity index (χ0) is 13.7. The maximum absolute atomic E-state index is 6.13. The first-order valence-electron chi connectivity index (χ1n) is 6.70. The van der Waals surface area contributed by atoms with E-state index in [4.69, 9.17) is 5.73 Å². The van der Waals surface area contributed by atoms with Gasteiger partial charge in [-0.15, -0.1) is 0 Å². The van der Waals surface area contributed by atoms with Crippen LogP contribution >= 0.6 is 22.6 Å². The fraction of sp³-hybridized carbons (Fsp3) is 0.294. The quantitative estimate of drug-likeness (QED) is 0.792. The van der Waals surface area contributed by atoms with E-state index in [1.54, 1.807) is 0 Å². The number of rotatable bonds is 5. The molecule has 0 saturated heterocycles. The molecule has 2 rings (SSSR count). The molecule has 2 N–H and O–H groups in total. The van der Waals surface area contributed by atoms with Crippen molar-refractivity contribution in [3.63, 3.8) is 0 Å². The standard InChI is InChI=1S/C17H20IN/c1-2-17(13-19,15-6-4-3-5-7-15)12-14-8-10-16(18)11-9-14/h3-11H,2,12-13,19H2,1H3. The summed E-state index contributed by atoms with van der Waals surface area (Å²) >= 11 is 2.34. The maximum Gasteiger partial charge on any atom is 0.0130 e. The first-order chi connectivity index (χ1) is 9.20. The number of hydrogen-bond acceptors (Lipinski definition) is 1. The SMILES string of the molecule is CCC(CN)(Cc1ccc(I)cc1)c1ccccc1. The summed E-state index contributed by atoms with van der Waals surface area (Å²) in [6.45, 7) is 2.91. The maximum atomic E-state index is 6.13. The smallest absolute Gasteiger partial charge is 0.0130 e. The lowest BCUT2D eigenvalue weighted by Gasteiger charge is -2.32. The summed E-state index contributed by atoms with van der Waals surface area (Å²) in [6, 6.07) is 19.4. The van der Waals surface area contributed by atoms with Gasteiger partial charge in [-0.05, 0) is 58.7 Å². The Hall–Kier alpha value is -0.870. The molecule has 100 valence electrons. The van der Waals surface area contributed by atoms with Gasteiger partial charge in [0.2, 0.25) is 0 Å². The van der Waals surface area contributed by atoms with Crippen LogP contribution in [0.15, 0.2) is 54.6 Å². The van der Waals surface area contributed by atoms with Crippen LogP contribution in [0.4, 0.5) is 0 Å². The van der Waals surface area contributed by atoms with E-state index in [-0.39, 0.29) is 5.41 Å². The van der Waals surface area contributed by atoms with Crippen molar-refractivity contribution in [3.8, 4) is 0 Å². The van der Waals surface area contributed by atoms with Crippen LogP contribution in [0.25, 0.3) is 0 Å². The Bertz CT molecular complexity index is 501. The molecule has 0 aliphatic heterocycles. The molecule has 0 bridgehead atoms. The summed E-state index contributed by atoms with van der Waals surface area (Å²) in [5.41, 5.74) is 8.88. The summed E-state index contributed by atoms with van der Waals surface area (Å²) in [5.74, 6) is 0. The van der Waals surface area contributed by atoms with E-state index in [0.717, 1.165) is 12.8 Å². The number of halogens is 1. The summed E-state index contributed by atoms with van der Waals surface area (Å²) in [6.07, 6.45) is 2.06. The monoisotopic (exact) mass is 365 g/mol. The number of benzene rings is 2. The van der Waals surface area contributed by atoms with Crippen LogP contribution in [0.2, 0.25) is 0 Å². The van der Waals surface area contributed by atoms with E-state index in [0.29, 0.717) is 6.54 Å². The van der Waals surface area contributed by atoms with Gasteiger partial charge in [0.05, 0.1) is 0 Å². The third kappa shape index (κ3) is 3.37. The molecule has 2 aromatic rings. The van der Waals surface area contributed by atoms with Gasteiger partial charge in [0.15, 0.2) is 0 Å². The normalized spacial score (nSPS) is 14.1. The minimum atomic E-state index is 0.0497. The lowest BCUT2D eigenvalue weighted by molar-refractivity contribution is 0.418. The van der Waals surface area contributed by atoms with Gasteiger partial charge >= 0.3 is 0 Å². The second-order valence-corrected chi connectivity index (χ2v) is 6.25. The largest absolute Gasteiger partial charge is 0.330 e. The van der Waals surface area contributed by atoms with E-state index in [1.807, 2.05) is 0 Å². The van der Waals surface area contributed by atoms with Crippen molar-refractivity contribution in [1.29, 1.82) is 0 Å². The Morgan fingerprint density at radius 2 is 1.63 bits per heavy atom. The molecule has 0 spiro atoms. The first kappa shape index (κ1) is 14.5. The molecule has 0 saturated carbocycles. The average Bonchev–Trinajstić information content (AvgIpc) is 2.48. The third-order valence-electron chi connectivity index (χ3n) is 3.91. The van der Waals surface area contributed by atoms with E-state index in [9.17, 15) is 0 Å². The zero-order valence-electron chi connectivity index (χ0n) is 11.3. The van der Waals surface area contributed by atoms with Crippen molar-refractivity contribution in [2.24, 2.45) is 5.73 Å². The van der Waals surface area contributed by atoms with Crippen LogP contribution in [0.3, 0.4) is 0 Å². The summed E-state index contributed by atoms with van der Waals surface area (Å²) in [5, 5.41) is 0. The second kappa shape index (κ2) is 6.53. The second-order valence-electron chi connectivity index (χ2n) is 5.01. The lowest BCUT2D eigenvalue weighted by Crippen LogP contribution is -2.36. The van der Waals surface area contributed by atoms with Gasteiger partial charge in [0.25, 0.3) is 0 Å². The summed E-state index contributed by atoms with van der Waals surface area (Å²) in [4.78, 5) is 0. The van der Waals surface area contributed by atoms with Crippen molar-refractivity contribution in [1.82, 2.24) is 0 Å². The molecule has 2 aromatic carbocycles. The average molecular weight is 365 g/mol. The molecule has 0 amide bonds. The van der Waals surface area contributed by atoms with E-state index in [1.165, 1.54) is 14.7 Å². The molecule has 0 fully saturated rings. The van der Waals surface area contributed by atoms with E-state index < -0.39 is 0 Å². The van der Waals surface area contributed by atoms with Gasteiger partial charge in [0, 0.05) is 15.5 Å². The summed E-state index contributed by atoms with van der Waals surface area (Å²) < 4.78 is 1.27. The van der Waals surface area contributed by atoms with Gasteiger partial charge in [-0.3, -0.25) is 0 Å². The highest BCUT2D eigenvalue weighted by Crippen LogP contribution is 2.31. The highest BCUT2D eigenvalue weighted by atomic mass is 127. The van der Waals surface area contributed by atoms with Gasteiger partial charge in [-0.25, -0.2) is 0 Å².